The first kappa shape index (κ1) is 29.1. The minimum Gasteiger partial charge on any atom is -0.463 e. The number of aromatic nitrogens is 3. The molecule has 0 spiro atoms. The lowest BCUT2D eigenvalue weighted by atomic mass is 9.82. The highest BCUT2D eigenvalue weighted by Crippen LogP contribution is 2.45. The molecule has 5 heterocycles. The molecule has 3 fully saturated rings. The second-order valence-electron chi connectivity index (χ2n) is 11.5. The third kappa shape index (κ3) is 5.31. The van der Waals surface area contributed by atoms with E-state index in [1.54, 1.807) is 0 Å². The predicted molar refractivity (Wildman–Crippen MR) is 149 cm³/mol. The zero-order valence-electron chi connectivity index (χ0n) is 22.9. The number of piperazine rings is 1. The average molecular weight is 611 g/mol. The van der Waals surface area contributed by atoms with Crippen LogP contribution < -0.4 is 20.7 Å². The van der Waals surface area contributed by atoms with Crippen LogP contribution in [0.25, 0.3) is 22.2 Å². The number of aliphatic hydroxyl groups excluding tert-OH is 1. The summed E-state index contributed by atoms with van der Waals surface area (Å²) in [5.74, 6) is -0.922. The molecule has 2 unspecified atom stereocenters. The Morgan fingerprint density at radius 2 is 1.86 bits per heavy atom. The summed E-state index contributed by atoms with van der Waals surface area (Å²) in [5, 5.41) is 13.6. The van der Waals surface area contributed by atoms with Gasteiger partial charge in [-0.3, -0.25) is 0 Å². The van der Waals surface area contributed by atoms with Gasteiger partial charge in [-0.2, -0.15) is 23.1 Å². The number of hydrogen-bond acceptors (Lipinski definition) is 9. The molecule has 3 saturated heterocycles. The van der Waals surface area contributed by atoms with E-state index in [0.717, 1.165) is 18.9 Å². The maximum Gasteiger partial charge on any atom is 0.418 e. The van der Waals surface area contributed by atoms with E-state index in [2.05, 4.69) is 20.3 Å². The lowest BCUT2D eigenvalue weighted by molar-refractivity contribution is -0.137. The van der Waals surface area contributed by atoms with Gasteiger partial charge in [-0.15, -0.1) is 0 Å². The molecule has 2 atom stereocenters. The number of nitrogen functional groups attached to an aromatic ring is 1. The number of nitrogens with zero attached hydrogens (tertiary/aromatic N) is 4. The summed E-state index contributed by atoms with van der Waals surface area (Å²) < 4.78 is 70.4. The monoisotopic (exact) mass is 610 g/mol. The summed E-state index contributed by atoms with van der Waals surface area (Å²) in [6, 6.07) is 2.74. The summed E-state index contributed by atoms with van der Waals surface area (Å²) in [6.45, 7) is 3.25. The number of hydrogen-bond donors (Lipinski definition) is 3. The van der Waals surface area contributed by atoms with Crippen molar-refractivity contribution in [3.63, 3.8) is 0 Å². The molecule has 0 aliphatic carbocycles. The molecule has 226 valence electrons. The average Bonchev–Trinajstić information content (AvgIpc) is 3.28. The van der Waals surface area contributed by atoms with Crippen LogP contribution in [0.5, 0.6) is 6.01 Å². The van der Waals surface area contributed by atoms with Crippen LogP contribution >= 0.6 is 11.6 Å². The summed E-state index contributed by atoms with van der Waals surface area (Å²) in [6.07, 6.45) is -1.78. The number of halogens is 5. The van der Waals surface area contributed by atoms with E-state index in [9.17, 15) is 18.3 Å². The molecule has 14 heteroatoms. The van der Waals surface area contributed by atoms with Crippen LogP contribution in [0.1, 0.15) is 36.8 Å². The molecular formula is C28H31ClF4N6O3. The van der Waals surface area contributed by atoms with E-state index in [4.69, 9.17) is 26.8 Å². The summed E-state index contributed by atoms with van der Waals surface area (Å²) in [5.41, 5.74) is 2.35. The van der Waals surface area contributed by atoms with Gasteiger partial charge in [0.25, 0.3) is 0 Å². The lowest BCUT2D eigenvalue weighted by Gasteiger charge is -2.35. The van der Waals surface area contributed by atoms with Crippen LogP contribution in [0.2, 0.25) is 5.02 Å². The number of ether oxygens (including phenoxy) is 2. The Hall–Kier alpha value is -3.00. The van der Waals surface area contributed by atoms with Gasteiger partial charge < -0.3 is 30.5 Å². The molecule has 3 aromatic rings. The molecule has 3 aliphatic heterocycles. The van der Waals surface area contributed by atoms with E-state index in [0.29, 0.717) is 45.0 Å². The Kier molecular flexibility index (Phi) is 7.57. The SMILES string of the molecule is Cc1cc(N)nc(-c2c(Cl)cc3c(N4CC5CCC(C4)N5)nc(OCC4(CO)CCOCC4)nc3c2F)c1C(F)(F)F. The van der Waals surface area contributed by atoms with Crippen molar-refractivity contribution in [3.05, 3.63) is 34.1 Å². The van der Waals surface area contributed by atoms with Crippen molar-refractivity contribution in [3.8, 4) is 17.3 Å². The van der Waals surface area contributed by atoms with Gasteiger partial charge in [0, 0.05) is 49.2 Å². The van der Waals surface area contributed by atoms with Gasteiger partial charge >= 0.3 is 12.2 Å². The highest BCUT2D eigenvalue weighted by atomic mass is 35.5. The second kappa shape index (κ2) is 10.9. The van der Waals surface area contributed by atoms with Gasteiger partial charge in [-0.25, -0.2) is 9.37 Å². The molecule has 0 saturated carbocycles. The Labute approximate surface area is 244 Å². The van der Waals surface area contributed by atoms with Crippen LogP contribution in [-0.2, 0) is 10.9 Å². The topological polar surface area (TPSA) is 119 Å². The van der Waals surface area contributed by atoms with Crippen molar-refractivity contribution in [1.82, 2.24) is 20.3 Å². The first-order chi connectivity index (χ1) is 20.0. The standard InChI is InChI=1S/C28H31ClF4N6O3/c1-14-8-19(34)36-24(21(14)28(31,32)33)20-18(29)9-17-23(22(20)30)37-26(42-13-27(12-40)4-6-41-7-5-27)38-25(17)39-10-15-2-3-16(11-39)35-15/h8-9,15-16,35,40H,2-7,10-13H2,1H3,(H2,34,36). The molecule has 3 aliphatic rings. The molecule has 9 nitrogen and oxygen atoms in total. The van der Waals surface area contributed by atoms with Gasteiger partial charge in [0.05, 0.1) is 35.1 Å². The number of alkyl halides is 3. The van der Waals surface area contributed by atoms with Gasteiger partial charge in [0.1, 0.15) is 17.2 Å². The summed E-state index contributed by atoms with van der Waals surface area (Å²) in [7, 11) is 0. The number of aryl methyl sites for hydroxylation is 1. The fourth-order valence-electron chi connectivity index (χ4n) is 6.26. The Morgan fingerprint density at radius 3 is 2.50 bits per heavy atom. The lowest BCUT2D eigenvalue weighted by Crippen LogP contribution is -2.51. The highest BCUT2D eigenvalue weighted by molar-refractivity contribution is 6.34. The fourth-order valence-corrected chi connectivity index (χ4v) is 6.54. The van der Waals surface area contributed by atoms with Crippen LogP contribution in [0.3, 0.4) is 0 Å². The quantitative estimate of drug-likeness (QED) is 0.347. The van der Waals surface area contributed by atoms with Gasteiger partial charge in [-0.1, -0.05) is 11.6 Å². The third-order valence-electron chi connectivity index (χ3n) is 8.51. The van der Waals surface area contributed by atoms with E-state index in [-0.39, 0.29) is 58.6 Å². The van der Waals surface area contributed by atoms with Crippen LogP contribution in [0.4, 0.5) is 29.2 Å². The number of benzene rings is 1. The molecule has 6 rings (SSSR count). The smallest absolute Gasteiger partial charge is 0.418 e. The number of anilines is 2. The van der Waals surface area contributed by atoms with Crippen LogP contribution in [0.15, 0.2) is 12.1 Å². The van der Waals surface area contributed by atoms with Gasteiger partial charge in [0.15, 0.2) is 5.82 Å². The number of fused-ring (bicyclic) bond motifs is 3. The maximum atomic E-state index is 16.5. The number of aliphatic hydroxyl groups is 1. The Balaban J connectivity index is 1.51. The molecule has 0 amide bonds. The van der Waals surface area contributed by atoms with Crippen LogP contribution in [-0.4, -0.2) is 71.7 Å². The molecule has 2 bridgehead atoms. The fraction of sp³-hybridized carbons (Fsp3) is 0.536. The summed E-state index contributed by atoms with van der Waals surface area (Å²) >= 11 is 6.54. The van der Waals surface area contributed by atoms with E-state index in [1.165, 1.54) is 13.0 Å². The zero-order chi connectivity index (χ0) is 29.8. The molecule has 4 N–H and O–H groups in total. The zero-order valence-corrected chi connectivity index (χ0v) is 23.7. The molecular weight excluding hydrogens is 580 g/mol. The normalized spacial score (nSPS) is 22.1. The van der Waals surface area contributed by atoms with Crippen molar-refractivity contribution in [2.45, 2.75) is 50.9 Å². The third-order valence-corrected chi connectivity index (χ3v) is 8.81. The number of rotatable bonds is 6. The first-order valence-electron chi connectivity index (χ1n) is 13.8. The van der Waals surface area contributed by atoms with Gasteiger partial charge in [0.2, 0.25) is 0 Å². The minimum absolute atomic E-state index is 0.0564. The number of nitrogens with one attached hydrogen (secondary N) is 1. The minimum atomic E-state index is -4.85. The van der Waals surface area contributed by atoms with E-state index < -0.39 is 34.2 Å². The van der Waals surface area contributed by atoms with Crippen molar-refractivity contribution < 1.29 is 32.1 Å². The van der Waals surface area contributed by atoms with Gasteiger partial charge in [-0.05, 0) is 50.3 Å². The molecule has 1 aromatic carbocycles. The first-order valence-corrected chi connectivity index (χ1v) is 14.2. The molecule has 42 heavy (non-hydrogen) atoms. The van der Waals surface area contributed by atoms with Crippen molar-refractivity contribution in [2.24, 2.45) is 5.41 Å². The highest BCUT2D eigenvalue weighted by Gasteiger charge is 2.39. The maximum absolute atomic E-state index is 16.5. The second-order valence-corrected chi connectivity index (χ2v) is 11.9. The predicted octanol–water partition coefficient (Wildman–Crippen LogP) is 4.50. The Morgan fingerprint density at radius 1 is 1.17 bits per heavy atom. The molecule has 0 radical (unpaired) electrons. The van der Waals surface area contributed by atoms with Crippen molar-refractivity contribution in [2.75, 3.05) is 50.2 Å². The number of pyridine rings is 1. The molecule has 2 aromatic heterocycles. The van der Waals surface area contributed by atoms with Crippen molar-refractivity contribution in [1.29, 1.82) is 0 Å². The van der Waals surface area contributed by atoms with Crippen molar-refractivity contribution >= 4 is 34.1 Å². The Bertz CT molecular complexity index is 1510. The summed E-state index contributed by atoms with van der Waals surface area (Å²) in [4.78, 5) is 14.9. The van der Waals surface area contributed by atoms with Crippen LogP contribution in [0, 0.1) is 18.2 Å². The van der Waals surface area contributed by atoms with E-state index in [1.807, 2.05) is 4.90 Å². The van der Waals surface area contributed by atoms with E-state index >= 15 is 4.39 Å². The number of nitrogens with two attached hydrogens (primary N) is 1. The largest absolute Gasteiger partial charge is 0.463 e.